The van der Waals surface area contributed by atoms with E-state index in [1.807, 2.05) is 19.1 Å². The van der Waals surface area contributed by atoms with Crippen LogP contribution in [0.2, 0.25) is 0 Å². The highest BCUT2D eigenvalue weighted by Gasteiger charge is 2.10. The van der Waals surface area contributed by atoms with E-state index in [4.69, 9.17) is 14.7 Å². The molecule has 0 N–H and O–H groups in total. The van der Waals surface area contributed by atoms with Crippen LogP contribution < -0.4 is 9.47 Å². The Bertz CT molecular complexity index is 705. The third-order valence-electron chi connectivity index (χ3n) is 3.11. The highest BCUT2D eigenvalue weighted by Crippen LogP contribution is 2.24. The molecule has 0 aliphatic heterocycles. The molecule has 0 unspecified atom stereocenters. The number of carbonyl (C=O) groups is 1. The Labute approximate surface area is 122 Å². The molecular formula is C16H14N2O3. The van der Waals surface area contributed by atoms with E-state index in [1.165, 1.54) is 7.11 Å². The second-order valence-corrected chi connectivity index (χ2v) is 4.38. The molecule has 0 fully saturated rings. The van der Waals surface area contributed by atoms with Gasteiger partial charge in [0.1, 0.15) is 29.9 Å². The van der Waals surface area contributed by atoms with E-state index in [0.29, 0.717) is 34.6 Å². The second kappa shape index (κ2) is 6.53. The first-order chi connectivity index (χ1) is 10.2. The number of aromatic nitrogens is 1. The molecule has 0 bridgehead atoms. The number of hydrogen-bond donors (Lipinski definition) is 0. The molecule has 0 radical (unpaired) electrons. The van der Waals surface area contributed by atoms with Gasteiger partial charge in [-0.1, -0.05) is 0 Å². The molecule has 2 aromatic rings. The van der Waals surface area contributed by atoms with E-state index in [1.54, 1.807) is 24.4 Å². The summed E-state index contributed by atoms with van der Waals surface area (Å²) < 4.78 is 10.7. The average Bonchev–Trinajstić information content (AvgIpc) is 2.53. The summed E-state index contributed by atoms with van der Waals surface area (Å²) in [4.78, 5) is 15.1. The highest BCUT2D eigenvalue weighted by molar-refractivity contribution is 5.80. The normalized spacial score (nSPS) is 9.76. The number of rotatable bonds is 5. The molecule has 0 saturated carbocycles. The number of pyridine rings is 1. The minimum Gasteiger partial charge on any atom is -0.497 e. The number of carbonyl (C=O) groups excluding carboxylic acids is 1. The van der Waals surface area contributed by atoms with E-state index < -0.39 is 0 Å². The maximum atomic E-state index is 11.1. The van der Waals surface area contributed by atoms with E-state index in [2.05, 4.69) is 4.98 Å². The van der Waals surface area contributed by atoms with Crippen molar-refractivity contribution in [1.82, 2.24) is 4.98 Å². The van der Waals surface area contributed by atoms with Gasteiger partial charge in [0.2, 0.25) is 0 Å². The molecule has 0 amide bonds. The van der Waals surface area contributed by atoms with E-state index >= 15 is 0 Å². The van der Waals surface area contributed by atoms with Crippen molar-refractivity contribution in [2.45, 2.75) is 13.5 Å². The second-order valence-electron chi connectivity index (χ2n) is 4.38. The summed E-state index contributed by atoms with van der Waals surface area (Å²) in [5, 5.41) is 9.07. The van der Waals surface area contributed by atoms with Gasteiger partial charge >= 0.3 is 0 Å². The number of aldehydes is 1. The first kappa shape index (κ1) is 14.5. The molecule has 1 aromatic heterocycles. The van der Waals surface area contributed by atoms with Crippen LogP contribution in [-0.2, 0) is 6.61 Å². The average molecular weight is 282 g/mol. The molecule has 2 rings (SSSR count). The maximum Gasteiger partial charge on any atom is 0.153 e. The number of hydrogen-bond acceptors (Lipinski definition) is 5. The lowest BCUT2D eigenvalue weighted by Gasteiger charge is -2.12. The maximum absolute atomic E-state index is 11.1. The predicted molar refractivity (Wildman–Crippen MR) is 76.4 cm³/mol. The molecule has 1 aromatic carbocycles. The van der Waals surface area contributed by atoms with Crippen LogP contribution in [0.3, 0.4) is 0 Å². The number of nitrogens with zero attached hydrogens (tertiary/aromatic N) is 2. The first-order valence-electron chi connectivity index (χ1n) is 6.30. The van der Waals surface area contributed by atoms with Crippen molar-refractivity contribution in [3.8, 4) is 17.6 Å². The van der Waals surface area contributed by atoms with Crippen LogP contribution in [0.4, 0.5) is 0 Å². The molecule has 0 atom stereocenters. The Hall–Kier alpha value is -2.87. The minimum absolute atomic E-state index is 0.176. The summed E-state index contributed by atoms with van der Waals surface area (Å²) in [7, 11) is 1.53. The molecular weight excluding hydrogens is 268 g/mol. The SMILES string of the molecule is COc1ccc(OCc2c(C)ccnc2C#N)c(C=O)c1. The van der Waals surface area contributed by atoms with Gasteiger partial charge < -0.3 is 9.47 Å². The summed E-state index contributed by atoms with van der Waals surface area (Å²) >= 11 is 0. The van der Waals surface area contributed by atoms with Crippen molar-refractivity contribution >= 4 is 6.29 Å². The zero-order valence-electron chi connectivity index (χ0n) is 11.8. The van der Waals surface area contributed by atoms with Crippen LogP contribution in [0.25, 0.3) is 0 Å². The fourth-order valence-corrected chi connectivity index (χ4v) is 1.89. The minimum atomic E-state index is 0.176. The smallest absolute Gasteiger partial charge is 0.153 e. The molecule has 0 aliphatic carbocycles. The highest BCUT2D eigenvalue weighted by atomic mass is 16.5. The van der Waals surface area contributed by atoms with E-state index in [0.717, 1.165) is 5.56 Å². The molecule has 0 saturated heterocycles. The molecule has 0 spiro atoms. The lowest BCUT2D eigenvalue weighted by molar-refractivity contribution is 0.111. The van der Waals surface area contributed by atoms with Crippen molar-refractivity contribution in [3.05, 3.63) is 52.8 Å². The Kier molecular flexibility index (Phi) is 4.52. The third kappa shape index (κ3) is 3.18. The van der Waals surface area contributed by atoms with Gasteiger partial charge in [-0.05, 0) is 36.8 Å². The summed E-state index contributed by atoms with van der Waals surface area (Å²) in [6.45, 7) is 2.06. The Balaban J connectivity index is 2.25. The summed E-state index contributed by atoms with van der Waals surface area (Å²) in [5.74, 6) is 1.03. The molecule has 5 nitrogen and oxygen atoms in total. The lowest BCUT2D eigenvalue weighted by atomic mass is 10.1. The van der Waals surface area contributed by atoms with Gasteiger partial charge in [0.05, 0.1) is 12.7 Å². The van der Waals surface area contributed by atoms with Gasteiger partial charge in [-0.25, -0.2) is 4.98 Å². The van der Waals surface area contributed by atoms with Crippen LogP contribution in [0.5, 0.6) is 11.5 Å². The molecule has 106 valence electrons. The number of ether oxygens (including phenoxy) is 2. The van der Waals surface area contributed by atoms with Crippen LogP contribution in [-0.4, -0.2) is 18.4 Å². The van der Waals surface area contributed by atoms with Crippen LogP contribution in [0.15, 0.2) is 30.5 Å². The monoisotopic (exact) mass is 282 g/mol. The van der Waals surface area contributed by atoms with Gasteiger partial charge in [0.25, 0.3) is 0 Å². The quantitative estimate of drug-likeness (QED) is 0.788. The predicted octanol–water partition coefficient (Wildman–Crippen LogP) is 2.66. The van der Waals surface area contributed by atoms with Crippen LogP contribution >= 0.6 is 0 Å². The standard InChI is InChI=1S/C16H14N2O3/c1-11-5-6-18-15(8-17)14(11)10-21-16-4-3-13(20-2)7-12(16)9-19/h3-7,9H,10H2,1-2H3. The van der Waals surface area contributed by atoms with Gasteiger partial charge in [-0.15, -0.1) is 0 Å². The molecule has 21 heavy (non-hydrogen) atoms. The lowest BCUT2D eigenvalue weighted by Crippen LogP contribution is -2.04. The van der Waals surface area contributed by atoms with Crippen molar-refractivity contribution in [1.29, 1.82) is 5.26 Å². The van der Waals surface area contributed by atoms with E-state index in [9.17, 15) is 4.79 Å². The van der Waals surface area contributed by atoms with Gasteiger partial charge in [0, 0.05) is 11.8 Å². The van der Waals surface area contributed by atoms with Crippen LogP contribution in [0.1, 0.15) is 27.2 Å². The topological polar surface area (TPSA) is 72.2 Å². The summed E-state index contributed by atoms with van der Waals surface area (Å²) in [5.41, 5.74) is 2.36. The van der Waals surface area contributed by atoms with Crippen molar-refractivity contribution < 1.29 is 14.3 Å². The fraction of sp³-hybridized carbons (Fsp3) is 0.188. The Morgan fingerprint density at radius 2 is 2.19 bits per heavy atom. The largest absolute Gasteiger partial charge is 0.497 e. The van der Waals surface area contributed by atoms with Gasteiger partial charge in [-0.3, -0.25) is 4.79 Å². The molecule has 0 aliphatic rings. The number of nitriles is 1. The third-order valence-corrected chi connectivity index (χ3v) is 3.11. The number of methoxy groups -OCH3 is 1. The summed E-state index contributed by atoms with van der Waals surface area (Å²) in [6.07, 6.45) is 2.29. The fourth-order valence-electron chi connectivity index (χ4n) is 1.89. The van der Waals surface area contributed by atoms with Gasteiger partial charge in [-0.2, -0.15) is 5.26 Å². The van der Waals surface area contributed by atoms with Crippen LogP contribution in [0, 0.1) is 18.3 Å². The zero-order chi connectivity index (χ0) is 15.2. The van der Waals surface area contributed by atoms with Crippen molar-refractivity contribution in [2.75, 3.05) is 7.11 Å². The Morgan fingerprint density at radius 3 is 2.86 bits per heavy atom. The Morgan fingerprint density at radius 1 is 1.38 bits per heavy atom. The summed E-state index contributed by atoms with van der Waals surface area (Å²) in [6, 6.07) is 8.83. The van der Waals surface area contributed by atoms with Crippen molar-refractivity contribution in [2.24, 2.45) is 0 Å². The van der Waals surface area contributed by atoms with E-state index in [-0.39, 0.29) is 6.61 Å². The molecule has 1 heterocycles. The zero-order valence-corrected chi connectivity index (χ0v) is 11.8. The molecule has 5 heteroatoms. The first-order valence-corrected chi connectivity index (χ1v) is 6.30. The van der Waals surface area contributed by atoms with Gasteiger partial charge in [0.15, 0.2) is 6.29 Å². The number of aryl methyl sites for hydroxylation is 1. The number of benzene rings is 1. The van der Waals surface area contributed by atoms with Crippen molar-refractivity contribution in [3.63, 3.8) is 0 Å².